The Hall–Kier alpha value is -3.48. The van der Waals surface area contributed by atoms with Crippen LogP contribution in [0.1, 0.15) is 22.4 Å². The number of phenols is 1. The normalized spacial score (nSPS) is 11.3. The number of anilines is 1. The van der Waals surface area contributed by atoms with E-state index < -0.39 is 0 Å². The molecule has 3 aromatic heterocycles. The summed E-state index contributed by atoms with van der Waals surface area (Å²) >= 11 is 0. The minimum absolute atomic E-state index is 0.203. The zero-order valence-corrected chi connectivity index (χ0v) is 15.5. The zero-order valence-electron chi connectivity index (χ0n) is 15.5. The van der Waals surface area contributed by atoms with Crippen LogP contribution in [-0.4, -0.2) is 31.0 Å². The van der Waals surface area contributed by atoms with Gasteiger partial charge >= 0.3 is 0 Å². The summed E-state index contributed by atoms with van der Waals surface area (Å²) < 4.78 is 1.93. The number of phenolic OH excluding ortho intramolecular Hbond substituents is 1. The third-order valence-electron chi connectivity index (χ3n) is 4.99. The van der Waals surface area contributed by atoms with Gasteiger partial charge in [0.05, 0.1) is 11.1 Å². The Balaban J connectivity index is 2.27. The van der Waals surface area contributed by atoms with Crippen LogP contribution in [0.15, 0.2) is 24.5 Å². The SMILES string of the molecule is Cc1cc2c3c(NC=O)ncnc3n(-c3c(C)ccc(O)c3C)c2nc1C. The molecule has 3 heterocycles. The average Bonchev–Trinajstić information content (AvgIpc) is 2.94. The average molecular weight is 361 g/mol. The van der Waals surface area contributed by atoms with Crippen LogP contribution < -0.4 is 5.32 Å². The number of pyridine rings is 1. The summed E-state index contributed by atoms with van der Waals surface area (Å²) in [5.74, 6) is 0.633. The maximum absolute atomic E-state index is 11.1. The Bertz CT molecular complexity index is 1230. The molecule has 136 valence electrons. The predicted molar refractivity (Wildman–Crippen MR) is 104 cm³/mol. The number of carbonyl (C=O) groups excluding carboxylic acids is 1. The van der Waals surface area contributed by atoms with Crippen LogP contribution in [0.3, 0.4) is 0 Å². The van der Waals surface area contributed by atoms with Crippen molar-refractivity contribution in [3.05, 3.63) is 46.9 Å². The summed E-state index contributed by atoms with van der Waals surface area (Å²) in [7, 11) is 0. The number of nitrogens with one attached hydrogen (secondary N) is 1. The fourth-order valence-corrected chi connectivity index (χ4v) is 3.49. The molecule has 0 saturated heterocycles. The Labute approximate surface area is 155 Å². The number of nitrogens with zero attached hydrogens (tertiary/aromatic N) is 4. The third-order valence-corrected chi connectivity index (χ3v) is 4.99. The summed E-state index contributed by atoms with van der Waals surface area (Å²) in [6.45, 7) is 7.79. The summed E-state index contributed by atoms with van der Waals surface area (Å²) in [5, 5.41) is 14.5. The number of aromatic hydroxyl groups is 1. The molecule has 0 fully saturated rings. The molecule has 0 aliphatic carbocycles. The van der Waals surface area contributed by atoms with Crippen LogP contribution >= 0.6 is 0 Å². The first-order valence-corrected chi connectivity index (χ1v) is 8.57. The van der Waals surface area contributed by atoms with Crippen molar-refractivity contribution < 1.29 is 9.90 Å². The van der Waals surface area contributed by atoms with Gasteiger partial charge in [0.25, 0.3) is 0 Å². The highest BCUT2D eigenvalue weighted by Crippen LogP contribution is 2.37. The molecule has 4 aromatic rings. The first kappa shape index (κ1) is 17.0. The van der Waals surface area contributed by atoms with E-state index in [0.29, 0.717) is 23.5 Å². The zero-order chi connectivity index (χ0) is 19.3. The van der Waals surface area contributed by atoms with Gasteiger partial charge in [0, 0.05) is 16.6 Å². The minimum Gasteiger partial charge on any atom is -0.508 e. The number of carbonyl (C=O) groups is 1. The molecule has 0 atom stereocenters. The first-order valence-electron chi connectivity index (χ1n) is 8.57. The largest absolute Gasteiger partial charge is 0.508 e. The van der Waals surface area contributed by atoms with E-state index in [9.17, 15) is 9.90 Å². The molecule has 0 unspecified atom stereocenters. The second kappa shape index (κ2) is 6.05. The lowest BCUT2D eigenvalue weighted by Crippen LogP contribution is -2.04. The van der Waals surface area contributed by atoms with Gasteiger partial charge in [-0.1, -0.05) is 6.07 Å². The smallest absolute Gasteiger partial charge is 0.212 e. The molecule has 27 heavy (non-hydrogen) atoms. The predicted octanol–water partition coefficient (Wildman–Crippen LogP) is 3.48. The van der Waals surface area contributed by atoms with Gasteiger partial charge in [-0.15, -0.1) is 0 Å². The highest BCUT2D eigenvalue weighted by Gasteiger charge is 2.22. The van der Waals surface area contributed by atoms with Crippen LogP contribution in [0, 0.1) is 27.7 Å². The second-order valence-corrected chi connectivity index (χ2v) is 6.66. The Morgan fingerprint density at radius 1 is 1.07 bits per heavy atom. The lowest BCUT2D eigenvalue weighted by molar-refractivity contribution is -0.105. The van der Waals surface area contributed by atoms with E-state index in [1.54, 1.807) is 6.07 Å². The Morgan fingerprint density at radius 3 is 2.59 bits per heavy atom. The van der Waals surface area contributed by atoms with Crippen LogP contribution in [0.5, 0.6) is 5.75 Å². The summed E-state index contributed by atoms with van der Waals surface area (Å²) in [6, 6.07) is 5.57. The number of hydrogen-bond donors (Lipinski definition) is 2. The van der Waals surface area contributed by atoms with Gasteiger partial charge in [-0.3, -0.25) is 9.36 Å². The molecular formula is C20H19N5O2. The number of aromatic nitrogens is 4. The van der Waals surface area contributed by atoms with Gasteiger partial charge in [0.1, 0.15) is 23.5 Å². The molecular weight excluding hydrogens is 342 g/mol. The molecule has 0 aliphatic rings. The van der Waals surface area contributed by atoms with Crippen molar-refractivity contribution in [1.82, 2.24) is 19.5 Å². The van der Waals surface area contributed by atoms with Gasteiger partial charge in [0.15, 0.2) is 5.65 Å². The standard InChI is InChI=1S/C20H19N5O2/c1-10-5-6-15(27)12(3)17(10)25-19-14(7-11(2)13(4)24-19)16-18(23-9-26)21-8-22-20(16)25/h5-9,27H,1-4H3,(H,21,22,23,26). The third kappa shape index (κ3) is 2.43. The van der Waals surface area contributed by atoms with Gasteiger partial charge in [0.2, 0.25) is 6.41 Å². The topological polar surface area (TPSA) is 92.9 Å². The van der Waals surface area contributed by atoms with E-state index >= 15 is 0 Å². The van der Waals surface area contributed by atoms with Crippen LogP contribution in [0.25, 0.3) is 27.8 Å². The summed E-state index contributed by atoms with van der Waals surface area (Å²) in [5.41, 5.74) is 5.80. The summed E-state index contributed by atoms with van der Waals surface area (Å²) in [6.07, 6.45) is 2.01. The highest BCUT2D eigenvalue weighted by atomic mass is 16.3. The summed E-state index contributed by atoms with van der Waals surface area (Å²) in [4.78, 5) is 24.6. The van der Waals surface area contributed by atoms with E-state index in [1.807, 2.05) is 44.4 Å². The monoisotopic (exact) mass is 361 g/mol. The van der Waals surface area contributed by atoms with Gasteiger partial charge in [-0.05, 0) is 51.0 Å². The van der Waals surface area contributed by atoms with Crippen molar-refractivity contribution in [3.63, 3.8) is 0 Å². The highest BCUT2D eigenvalue weighted by molar-refractivity contribution is 6.13. The van der Waals surface area contributed by atoms with Crippen molar-refractivity contribution in [1.29, 1.82) is 0 Å². The molecule has 0 saturated carbocycles. The van der Waals surface area contributed by atoms with Crippen molar-refractivity contribution in [2.24, 2.45) is 0 Å². The molecule has 4 rings (SSSR count). The molecule has 0 spiro atoms. The molecule has 7 nitrogen and oxygen atoms in total. The molecule has 1 amide bonds. The van der Waals surface area contributed by atoms with Crippen molar-refractivity contribution >= 4 is 34.3 Å². The van der Waals surface area contributed by atoms with E-state index in [0.717, 1.165) is 38.8 Å². The second-order valence-electron chi connectivity index (χ2n) is 6.66. The maximum atomic E-state index is 11.1. The fraction of sp³-hybridized carbons (Fsp3) is 0.200. The quantitative estimate of drug-likeness (QED) is 0.545. The lowest BCUT2D eigenvalue weighted by atomic mass is 10.1. The number of aryl methyl sites for hydroxylation is 3. The molecule has 2 N–H and O–H groups in total. The number of amides is 1. The van der Waals surface area contributed by atoms with E-state index in [2.05, 4.69) is 15.3 Å². The molecule has 0 aliphatic heterocycles. The van der Waals surface area contributed by atoms with Crippen LogP contribution in [0.2, 0.25) is 0 Å². The van der Waals surface area contributed by atoms with Crippen LogP contribution in [-0.2, 0) is 4.79 Å². The molecule has 1 aromatic carbocycles. The number of rotatable bonds is 3. The van der Waals surface area contributed by atoms with Crippen molar-refractivity contribution in [3.8, 4) is 11.4 Å². The number of benzene rings is 1. The van der Waals surface area contributed by atoms with E-state index in [1.165, 1.54) is 6.33 Å². The molecule has 0 bridgehead atoms. The molecule has 0 radical (unpaired) electrons. The van der Waals surface area contributed by atoms with Crippen LogP contribution in [0.4, 0.5) is 5.82 Å². The number of hydrogen-bond acceptors (Lipinski definition) is 5. The van der Waals surface area contributed by atoms with Gasteiger partial charge in [-0.25, -0.2) is 15.0 Å². The molecule has 7 heteroatoms. The minimum atomic E-state index is 0.203. The van der Waals surface area contributed by atoms with Crippen molar-refractivity contribution in [2.75, 3.05) is 5.32 Å². The lowest BCUT2D eigenvalue weighted by Gasteiger charge is -2.14. The fourth-order valence-electron chi connectivity index (χ4n) is 3.49. The van der Waals surface area contributed by atoms with Crippen molar-refractivity contribution in [2.45, 2.75) is 27.7 Å². The maximum Gasteiger partial charge on any atom is 0.212 e. The Morgan fingerprint density at radius 2 is 1.85 bits per heavy atom. The Kier molecular flexibility index (Phi) is 3.80. The van der Waals surface area contributed by atoms with E-state index in [4.69, 9.17) is 4.98 Å². The first-order chi connectivity index (χ1) is 12.9. The van der Waals surface area contributed by atoms with Gasteiger partial charge in [-0.2, -0.15) is 0 Å². The van der Waals surface area contributed by atoms with E-state index in [-0.39, 0.29) is 5.75 Å². The number of fused-ring (bicyclic) bond motifs is 3. The van der Waals surface area contributed by atoms with Gasteiger partial charge < -0.3 is 10.4 Å².